The molecule has 4 rings (SSSR count). The molecule has 0 aliphatic rings. The van der Waals surface area contributed by atoms with Crippen molar-refractivity contribution in [1.82, 2.24) is 19.8 Å². The summed E-state index contributed by atoms with van der Waals surface area (Å²) in [5.74, 6) is 0.287. The van der Waals surface area contributed by atoms with Crippen molar-refractivity contribution >= 4 is 16.3 Å². The number of hydrogen-bond donors (Lipinski definition) is 0. The number of halogens is 3. The van der Waals surface area contributed by atoms with Crippen LogP contribution < -0.4 is 0 Å². The van der Waals surface area contributed by atoms with Crippen LogP contribution in [0.5, 0.6) is 0 Å². The third kappa shape index (κ3) is 3.40. The Labute approximate surface area is 163 Å². The van der Waals surface area contributed by atoms with Crippen LogP contribution in [0.3, 0.4) is 0 Å². The Balaban J connectivity index is 1.74. The molecule has 28 heavy (non-hydrogen) atoms. The van der Waals surface area contributed by atoms with Gasteiger partial charge in [0.25, 0.3) is 0 Å². The average Bonchev–Trinajstić information content (AvgIpc) is 3.21. The highest BCUT2D eigenvalue weighted by Crippen LogP contribution is 2.33. The zero-order chi connectivity index (χ0) is 20.1. The van der Waals surface area contributed by atoms with Crippen molar-refractivity contribution in [1.29, 1.82) is 0 Å². The minimum Gasteiger partial charge on any atom is -0.182 e. The Hall–Kier alpha value is -2.74. The van der Waals surface area contributed by atoms with E-state index < -0.39 is 11.7 Å². The molecule has 2 aromatic carbocycles. The largest absolute Gasteiger partial charge is 0.416 e. The second-order valence-corrected chi connectivity index (χ2v) is 8.49. The zero-order valence-corrected chi connectivity index (χ0v) is 16.3. The van der Waals surface area contributed by atoms with Crippen LogP contribution in [0.15, 0.2) is 48.5 Å². The second-order valence-electron chi connectivity index (χ2n) is 7.53. The normalized spacial score (nSPS) is 12.6. The summed E-state index contributed by atoms with van der Waals surface area (Å²) in [6.45, 7) is 6.44. The monoisotopic (exact) mass is 402 g/mol. The first kappa shape index (κ1) is 18.6. The van der Waals surface area contributed by atoms with Gasteiger partial charge in [-0.25, -0.2) is 0 Å². The molecule has 0 spiro atoms. The molecule has 4 aromatic rings. The van der Waals surface area contributed by atoms with Crippen LogP contribution >= 0.6 is 11.3 Å². The smallest absolute Gasteiger partial charge is 0.182 e. The molecule has 0 unspecified atom stereocenters. The van der Waals surface area contributed by atoms with Gasteiger partial charge in [-0.15, -0.1) is 10.2 Å². The predicted octanol–water partition coefficient (Wildman–Crippen LogP) is 5.84. The van der Waals surface area contributed by atoms with Gasteiger partial charge in [0.05, 0.1) is 5.56 Å². The molecule has 2 aromatic heterocycles. The van der Waals surface area contributed by atoms with Crippen molar-refractivity contribution in [3.8, 4) is 22.0 Å². The minimum atomic E-state index is -4.41. The van der Waals surface area contributed by atoms with Gasteiger partial charge >= 0.3 is 6.18 Å². The summed E-state index contributed by atoms with van der Waals surface area (Å²) in [5.41, 5.74) is 1.79. The van der Waals surface area contributed by atoms with Crippen molar-refractivity contribution in [2.24, 2.45) is 0 Å². The Kier molecular flexibility index (Phi) is 4.26. The molecule has 4 nitrogen and oxygen atoms in total. The standard InChI is InChI=1S/C20H17F3N4S/c1-19(2,3)14-9-7-12(8-10-14)17-26-27-16(24-25-18(27)28-17)13-5-4-6-15(11-13)20(21,22)23/h4-11H,1-3H3. The lowest BCUT2D eigenvalue weighted by Gasteiger charge is -2.18. The van der Waals surface area contributed by atoms with Crippen LogP contribution in [-0.4, -0.2) is 19.8 Å². The van der Waals surface area contributed by atoms with E-state index in [1.807, 2.05) is 12.1 Å². The molecule has 8 heteroatoms. The number of rotatable bonds is 2. The molecule has 144 valence electrons. The first-order chi connectivity index (χ1) is 13.1. The first-order valence-corrected chi connectivity index (χ1v) is 9.45. The first-order valence-electron chi connectivity index (χ1n) is 8.64. The molecule has 0 radical (unpaired) electrons. The van der Waals surface area contributed by atoms with Crippen LogP contribution in [0.2, 0.25) is 0 Å². The highest BCUT2D eigenvalue weighted by molar-refractivity contribution is 7.19. The van der Waals surface area contributed by atoms with Gasteiger partial charge in [0.2, 0.25) is 4.96 Å². The van der Waals surface area contributed by atoms with Crippen molar-refractivity contribution in [3.05, 3.63) is 59.7 Å². The van der Waals surface area contributed by atoms with Crippen molar-refractivity contribution in [2.45, 2.75) is 32.4 Å². The average molecular weight is 402 g/mol. The van der Waals surface area contributed by atoms with E-state index in [2.05, 4.69) is 48.2 Å². The molecule has 0 saturated carbocycles. The van der Waals surface area contributed by atoms with E-state index in [9.17, 15) is 13.2 Å². The fourth-order valence-electron chi connectivity index (χ4n) is 2.86. The summed E-state index contributed by atoms with van der Waals surface area (Å²) in [7, 11) is 0. The van der Waals surface area contributed by atoms with Crippen LogP contribution in [0, 0.1) is 0 Å². The topological polar surface area (TPSA) is 43.1 Å². The summed E-state index contributed by atoms with van der Waals surface area (Å²) in [6.07, 6.45) is -4.41. The number of benzene rings is 2. The van der Waals surface area contributed by atoms with Gasteiger partial charge in [-0.1, -0.05) is 68.5 Å². The molecule has 0 atom stereocenters. The molecule has 0 aliphatic carbocycles. The molecule has 0 bridgehead atoms. The second kappa shape index (κ2) is 6.41. The summed E-state index contributed by atoms with van der Waals surface area (Å²) in [4.78, 5) is 0.530. The van der Waals surface area contributed by atoms with Crippen LogP contribution in [0.1, 0.15) is 31.9 Å². The van der Waals surface area contributed by atoms with E-state index in [1.54, 1.807) is 6.07 Å². The molecular weight excluding hydrogens is 385 g/mol. The lowest BCUT2D eigenvalue weighted by Crippen LogP contribution is -2.10. The summed E-state index contributed by atoms with van der Waals surface area (Å²) in [6, 6.07) is 13.1. The maximum Gasteiger partial charge on any atom is 0.416 e. The highest BCUT2D eigenvalue weighted by atomic mass is 32.1. The third-order valence-electron chi connectivity index (χ3n) is 4.44. The van der Waals surface area contributed by atoms with Crippen LogP contribution in [0.4, 0.5) is 13.2 Å². The van der Waals surface area contributed by atoms with Gasteiger partial charge in [0.15, 0.2) is 5.82 Å². The van der Waals surface area contributed by atoms with Crippen molar-refractivity contribution in [2.75, 3.05) is 0 Å². The number of aromatic nitrogens is 4. The Morgan fingerprint density at radius 3 is 2.21 bits per heavy atom. The minimum absolute atomic E-state index is 0.0522. The number of alkyl halides is 3. The van der Waals surface area contributed by atoms with E-state index >= 15 is 0 Å². The predicted molar refractivity (Wildman–Crippen MR) is 103 cm³/mol. The van der Waals surface area contributed by atoms with Gasteiger partial charge in [-0.2, -0.15) is 22.8 Å². The number of nitrogens with zero attached hydrogens (tertiary/aromatic N) is 4. The number of fused-ring (bicyclic) bond motifs is 1. The van der Waals surface area contributed by atoms with Crippen LogP contribution in [0.25, 0.3) is 26.9 Å². The van der Waals surface area contributed by atoms with Gasteiger partial charge in [-0.3, -0.25) is 0 Å². The Bertz CT molecular complexity index is 1130. The summed E-state index contributed by atoms with van der Waals surface area (Å²) < 4.78 is 40.5. The van der Waals surface area contributed by atoms with Gasteiger partial charge in [0.1, 0.15) is 5.01 Å². The molecular formula is C20H17F3N4S. The quantitative estimate of drug-likeness (QED) is 0.423. The summed E-state index contributed by atoms with van der Waals surface area (Å²) >= 11 is 1.34. The molecule has 0 fully saturated rings. The van der Waals surface area contributed by atoms with Gasteiger partial charge in [0, 0.05) is 11.1 Å². The lowest BCUT2D eigenvalue weighted by atomic mass is 9.87. The highest BCUT2D eigenvalue weighted by Gasteiger charge is 2.31. The molecule has 0 N–H and O–H groups in total. The van der Waals surface area contributed by atoms with Crippen LogP contribution in [-0.2, 0) is 11.6 Å². The third-order valence-corrected chi connectivity index (χ3v) is 5.38. The molecule has 0 amide bonds. The van der Waals surface area contributed by atoms with E-state index in [4.69, 9.17) is 0 Å². The van der Waals surface area contributed by atoms with Crippen molar-refractivity contribution < 1.29 is 13.2 Å². The molecule has 0 saturated heterocycles. The Morgan fingerprint density at radius 1 is 0.857 bits per heavy atom. The fraction of sp³-hybridized carbons (Fsp3) is 0.250. The lowest BCUT2D eigenvalue weighted by molar-refractivity contribution is -0.137. The fourth-order valence-corrected chi connectivity index (χ4v) is 3.71. The SMILES string of the molecule is CC(C)(C)c1ccc(-c2nn3c(-c4cccc(C(F)(F)F)c4)nnc3s2)cc1. The maximum absolute atomic E-state index is 13.0. The van der Waals surface area contributed by atoms with E-state index in [1.165, 1.54) is 27.5 Å². The summed E-state index contributed by atoms with van der Waals surface area (Å²) in [5, 5.41) is 13.4. The van der Waals surface area contributed by atoms with Crippen molar-refractivity contribution in [3.63, 3.8) is 0 Å². The molecule has 2 heterocycles. The number of hydrogen-bond acceptors (Lipinski definition) is 4. The van der Waals surface area contributed by atoms with Gasteiger partial charge in [-0.05, 0) is 23.1 Å². The maximum atomic E-state index is 13.0. The van der Waals surface area contributed by atoms with E-state index in [0.717, 1.165) is 22.7 Å². The Morgan fingerprint density at radius 2 is 1.57 bits per heavy atom. The van der Waals surface area contributed by atoms with Gasteiger partial charge < -0.3 is 0 Å². The van der Waals surface area contributed by atoms with E-state index in [-0.39, 0.29) is 11.2 Å². The molecule has 0 aliphatic heterocycles. The zero-order valence-electron chi connectivity index (χ0n) is 15.4. The van der Waals surface area contributed by atoms with E-state index in [0.29, 0.717) is 10.5 Å².